The molecule has 0 unspecified atom stereocenters. The van der Waals surface area contributed by atoms with Gasteiger partial charge in [0.05, 0.1) is 12.2 Å². The molecule has 2 rings (SSSR count). The third kappa shape index (κ3) is 3.29. The molecule has 17 heavy (non-hydrogen) atoms. The second-order valence-corrected chi connectivity index (χ2v) is 4.87. The minimum Gasteiger partial charge on any atom is -0.359 e. The van der Waals surface area contributed by atoms with Crippen LogP contribution in [0.1, 0.15) is 21.8 Å². The van der Waals surface area contributed by atoms with E-state index in [4.69, 9.17) is 4.52 Å². The molecule has 1 aromatic carbocycles. The van der Waals surface area contributed by atoms with Gasteiger partial charge < -0.3 is 9.84 Å². The first-order chi connectivity index (χ1) is 8.15. The quantitative estimate of drug-likeness (QED) is 0.872. The zero-order valence-electron chi connectivity index (χ0n) is 9.24. The highest BCUT2D eigenvalue weighted by molar-refractivity contribution is 14.1. The molecule has 0 saturated heterocycles. The molecule has 0 atom stereocenters. The second kappa shape index (κ2) is 5.31. The average molecular weight is 342 g/mol. The minimum absolute atomic E-state index is 0.115. The highest BCUT2D eigenvalue weighted by Gasteiger charge is 2.06. The first-order valence-corrected chi connectivity index (χ1v) is 6.19. The summed E-state index contributed by atoms with van der Waals surface area (Å²) in [6, 6.07) is 9.18. The maximum absolute atomic E-state index is 11.8. The Kier molecular flexibility index (Phi) is 3.78. The highest BCUT2D eigenvalue weighted by Crippen LogP contribution is 2.07. The normalized spacial score (nSPS) is 10.2. The molecule has 5 heteroatoms. The molecule has 88 valence electrons. The van der Waals surface area contributed by atoms with Gasteiger partial charge in [0.15, 0.2) is 5.76 Å². The van der Waals surface area contributed by atoms with Crippen LogP contribution in [0.3, 0.4) is 0 Å². The van der Waals surface area contributed by atoms with Crippen molar-refractivity contribution in [3.8, 4) is 0 Å². The largest absolute Gasteiger partial charge is 0.359 e. The van der Waals surface area contributed by atoms with Gasteiger partial charge in [-0.25, -0.2) is 0 Å². The van der Waals surface area contributed by atoms with Crippen molar-refractivity contribution in [3.63, 3.8) is 0 Å². The fraction of sp³-hybridized carbons (Fsp3) is 0.167. The molecule has 0 aliphatic heterocycles. The van der Waals surface area contributed by atoms with Gasteiger partial charge in [-0.2, -0.15) is 0 Å². The van der Waals surface area contributed by atoms with E-state index in [2.05, 4.69) is 33.1 Å². The van der Waals surface area contributed by atoms with E-state index in [1.54, 1.807) is 18.2 Å². The van der Waals surface area contributed by atoms with Gasteiger partial charge in [-0.1, -0.05) is 5.16 Å². The summed E-state index contributed by atoms with van der Waals surface area (Å²) in [7, 11) is 0. The monoisotopic (exact) mass is 342 g/mol. The molecular formula is C12H11IN2O2. The van der Waals surface area contributed by atoms with Gasteiger partial charge in [-0.05, 0) is 53.8 Å². The van der Waals surface area contributed by atoms with Crippen LogP contribution in [0.4, 0.5) is 0 Å². The van der Waals surface area contributed by atoms with Gasteiger partial charge in [0.1, 0.15) is 0 Å². The van der Waals surface area contributed by atoms with Gasteiger partial charge in [0, 0.05) is 15.2 Å². The van der Waals surface area contributed by atoms with Crippen molar-refractivity contribution in [2.24, 2.45) is 0 Å². The van der Waals surface area contributed by atoms with E-state index in [9.17, 15) is 4.79 Å². The number of nitrogens with zero attached hydrogens (tertiary/aromatic N) is 1. The molecule has 0 aliphatic rings. The van der Waals surface area contributed by atoms with E-state index in [0.717, 1.165) is 9.26 Å². The maximum atomic E-state index is 11.8. The number of hydrogen-bond donors (Lipinski definition) is 1. The lowest BCUT2D eigenvalue weighted by molar-refractivity contribution is 0.0947. The lowest BCUT2D eigenvalue weighted by atomic mass is 10.2. The lowest BCUT2D eigenvalue weighted by Crippen LogP contribution is -2.22. The molecule has 1 aromatic heterocycles. The Labute approximate surface area is 113 Å². The van der Waals surface area contributed by atoms with Gasteiger partial charge in [-0.3, -0.25) is 4.79 Å². The summed E-state index contributed by atoms with van der Waals surface area (Å²) in [6.45, 7) is 2.19. The Morgan fingerprint density at radius 1 is 1.41 bits per heavy atom. The standard InChI is InChI=1S/C12H11IN2O2/c1-8-6-11(17-15-8)7-14-12(16)9-2-4-10(13)5-3-9/h2-6H,7H2,1H3,(H,14,16). The number of nitrogens with one attached hydrogen (secondary N) is 1. The Bertz CT molecular complexity index is 520. The second-order valence-electron chi connectivity index (χ2n) is 3.62. The smallest absolute Gasteiger partial charge is 0.251 e. The molecule has 0 aliphatic carbocycles. The number of rotatable bonds is 3. The van der Waals surface area contributed by atoms with Gasteiger partial charge in [-0.15, -0.1) is 0 Å². The summed E-state index contributed by atoms with van der Waals surface area (Å²) in [4.78, 5) is 11.8. The molecule has 0 fully saturated rings. The maximum Gasteiger partial charge on any atom is 0.251 e. The van der Waals surface area contributed by atoms with Gasteiger partial charge >= 0.3 is 0 Å². The average Bonchev–Trinajstić information content (AvgIpc) is 2.73. The Hall–Kier alpha value is -1.37. The van der Waals surface area contributed by atoms with Crippen LogP contribution < -0.4 is 5.32 Å². The van der Waals surface area contributed by atoms with E-state index < -0.39 is 0 Å². The number of aromatic nitrogens is 1. The molecule has 0 spiro atoms. The first kappa shape index (κ1) is 12.1. The molecule has 0 radical (unpaired) electrons. The summed E-state index contributed by atoms with van der Waals surface area (Å²) in [5, 5.41) is 6.52. The molecule has 1 N–H and O–H groups in total. The van der Waals surface area contributed by atoms with Crippen LogP contribution in [-0.2, 0) is 6.54 Å². The van der Waals surface area contributed by atoms with Crippen molar-refractivity contribution in [1.82, 2.24) is 10.5 Å². The lowest BCUT2D eigenvalue weighted by Gasteiger charge is -2.02. The molecule has 1 amide bonds. The molecule has 2 aromatic rings. The molecule has 4 nitrogen and oxygen atoms in total. The zero-order chi connectivity index (χ0) is 12.3. The van der Waals surface area contributed by atoms with Crippen LogP contribution in [-0.4, -0.2) is 11.1 Å². The van der Waals surface area contributed by atoms with Crippen LogP contribution in [0, 0.1) is 10.5 Å². The minimum atomic E-state index is -0.115. The zero-order valence-corrected chi connectivity index (χ0v) is 11.4. The van der Waals surface area contributed by atoms with Crippen LogP contribution in [0.15, 0.2) is 34.9 Å². The number of benzene rings is 1. The summed E-state index contributed by atoms with van der Waals surface area (Å²) >= 11 is 2.20. The van der Waals surface area contributed by atoms with E-state index in [1.165, 1.54) is 0 Å². The molecular weight excluding hydrogens is 331 g/mol. The van der Waals surface area contributed by atoms with Crippen LogP contribution in [0.5, 0.6) is 0 Å². The van der Waals surface area contributed by atoms with Crippen molar-refractivity contribution >= 4 is 28.5 Å². The summed E-state index contributed by atoms with van der Waals surface area (Å²) in [6.07, 6.45) is 0. The van der Waals surface area contributed by atoms with Crippen molar-refractivity contribution in [2.75, 3.05) is 0 Å². The molecule has 1 heterocycles. The van der Waals surface area contributed by atoms with Crippen molar-refractivity contribution in [2.45, 2.75) is 13.5 Å². The summed E-state index contributed by atoms with van der Waals surface area (Å²) in [5.74, 6) is 0.539. The number of halogens is 1. The fourth-order valence-corrected chi connectivity index (χ4v) is 1.73. The van der Waals surface area contributed by atoms with E-state index in [0.29, 0.717) is 17.9 Å². The number of amides is 1. The SMILES string of the molecule is Cc1cc(CNC(=O)c2ccc(I)cc2)on1. The van der Waals surface area contributed by atoms with E-state index in [1.807, 2.05) is 19.1 Å². The Morgan fingerprint density at radius 2 is 2.12 bits per heavy atom. The number of carbonyl (C=O) groups is 1. The van der Waals surface area contributed by atoms with Gasteiger partial charge in [0.25, 0.3) is 5.91 Å². The summed E-state index contributed by atoms with van der Waals surface area (Å²) in [5.41, 5.74) is 1.45. The van der Waals surface area contributed by atoms with Gasteiger partial charge in [0.2, 0.25) is 0 Å². The molecule has 0 bridgehead atoms. The van der Waals surface area contributed by atoms with Crippen molar-refractivity contribution in [3.05, 3.63) is 50.9 Å². The van der Waals surface area contributed by atoms with E-state index >= 15 is 0 Å². The van der Waals surface area contributed by atoms with Crippen molar-refractivity contribution < 1.29 is 9.32 Å². The third-order valence-electron chi connectivity index (χ3n) is 2.21. The van der Waals surface area contributed by atoms with Crippen LogP contribution in [0.25, 0.3) is 0 Å². The predicted molar refractivity (Wildman–Crippen MR) is 71.6 cm³/mol. The Morgan fingerprint density at radius 3 is 2.71 bits per heavy atom. The highest BCUT2D eigenvalue weighted by atomic mass is 127. The predicted octanol–water partition coefficient (Wildman–Crippen LogP) is 2.52. The number of hydrogen-bond acceptors (Lipinski definition) is 3. The Balaban J connectivity index is 1.95. The van der Waals surface area contributed by atoms with E-state index in [-0.39, 0.29) is 5.91 Å². The number of aryl methyl sites for hydroxylation is 1. The third-order valence-corrected chi connectivity index (χ3v) is 2.93. The number of carbonyl (C=O) groups excluding carboxylic acids is 1. The molecule has 0 saturated carbocycles. The summed E-state index contributed by atoms with van der Waals surface area (Å²) < 4.78 is 6.11. The van der Waals surface area contributed by atoms with Crippen LogP contribution in [0.2, 0.25) is 0 Å². The van der Waals surface area contributed by atoms with Crippen LogP contribution >= 0.6 is 22.6 Å². The topological polar surface area (TPSA) is 55.1 Å². The first-order valence-electron chi connectivity index (χ1n) is 5.11. The fourth-order valence-electron chi connectivity index (χ4n) is 1.37. The van der Waals surface area contributed by atoms with Crippen molar-refractivity contribution in [1.29, 1.82) is 0 Å².